The molecule has 0 amide bonds. The summed E-state index contributed by atoms with van der Waals surface area (Å²) in [5.41, 5.74) is 8.17. The average molecular weight is 255 g/mol. The Labute approximate surface area is 110 Å². The second kappa shape index (κ2) is 4.31. The van der Waals surface area contributed by atoms with Crippen LogP contribution in [-0.4, -0.2) is 13.1 Å². The highest BCUT2D eigenvalue weighted by atomic mass is 16.5. The van der Waals surface area contributed by atoms with E-state index in [9.17, 15) is 4.79 Å². The number of esters is 1. The molecule has 3 rings (SSSR count). The topological polar surface area (TPSA) is 65.5 Å². The van der Waals surface area contributed by atoms with Crippen LogP contribution in [0.5, 0.6) is 0 Å². The number of nitrogens with two attached hydrogens (primary N) is 1. The van der Waals surface area contributed by atoms with Crippen molar-refractivity contribution in [3.8, 4) is 0 Å². The lowest BCUT2D eigenvalue weighted by Crippen LogP contribution is -2.05. The smallest absolute Gasteiger partial charge is 0.340 e. The van der Waals surface area contributed by atoms with Gasteiger partial charge in [0.05, 0.1) is 18.4 Å². The van der Waals surface area contributed by atoms with E-state index in [4.69, 9.17) is 14.9 Å². The fraction of sp³-hybridized carbons (Fsp3) is 0.133. The third-order valence-corrected chi connectivity index (χ3v) is 3.19. The lowest BCUT2D eigenvalue weighted by Gasteiger charge is -2.03. The molecule has 4 nitrogen and oxygen atoms in total. The molecule has 96 valence electrons. The van der Waals surface area contributed by atoms with Crippen LogP contribution < -0.4 is 5.73 Å². The monoisotopic (exact) mass is 255 g/mol. The number of nitrogen functional groups attached to an aromatic ring is 1. The number of benzene rings is 1. The van der Waals surface area contributed by atoms with Gasteiger partial charge in [0.1, 0.15) is 5.76 Å². The fourth-order valence-electron chi connectivity index (χ4n) is 2.24. The summed E-state index contributed by atoms with van der Waals surface area (Å²) in [6.07, 6.45) is 8.89. The number of ether oxygens (including phenoxy) is 1. The average Bonchev–Trinajstić information content (AvgIpc) is 2.62. The van der Waals surface area contributed by atoms with Gasteiger partial charge < -0.3 is 14.9 Å². The van der Waals surface area contributed by atoms with E-state index in [0.29, 0.717) is 16.8 Å². The van der Waals surface area contributed by atoms with E-state index in [1.165, 1.54) is 7.11 Å². The Morgan fingerprint density at radius 2 is 2.11 bits per heavy atom. The number of furan rings is 1. The standard InChI is InChI=1S/C15H13NO3/c1-18-15(17)11-8-7-10-9-5-3-2-4-6-12(9)19-14(10)13(11)16/h3-8H,2,16H2,1H3. The summed E-state index contributed by atoms with van der Waals surface area (Å²) in [6, 6.07) is 3.51. The van der Waals surface area contributed by atoms with Crippen molar-refractivity contribution < 1.29 is 13.9 Å². The summed E-state index contributed by atoms with van der Waals surface area (Å²) in [6.45, 7) is 0. The molecule has 1 aromatic heterocycles. The first-order chi connectivity index (χ1) is 9.22. The second-order valence-electron chi connectivity index (χ2n) is 4.32. The minimum atomic E-state index is -0.461. The van der Waals surface area contributed by atoms with Crippen molar-refractivity contribution >= 4 is 34.8 Å². The van der Waals surface area contributed by atoms with E-state index in [2.05, 4.69) is 6.08 Å². The predicted octanol–water partition coefficient (Wildman–Crippen LogP) is 3.23. The Morgan fingerprint density at radius 1 is 1.32 bits per heavy atom. The number of hydrogen-bond donors (Lipinski definition) is 1. The van der Waals surface area contributed by atoms with Crippen molar-refractivity contribution in [2.24, 2.45) is 0 Å². The van der Waals surface area contributed by atoms with E-state index in [1.807, 2.05) is 24.3 Å². The van der Waals surface area contributed by atoms with Gasteiger partial charge in [0.25, 0.3) is 0 Å². The zero-order valence-corrected chi connectivity index (χ0v) is 10.5. The van der Waals surface area contributed by atoms with Crippen LogP contribution in [0.15, 0.2) is 28.7 Å². The van der Waals surface area contributed by atoms with Gasteiger partial charge in [-0.05, 0) is 24.6 Å². The summed E-state index contributed by atoms with van der Waals surface area (Å²) in [7, 11) is 1.33. The molecule has 0 radical (unpaired) electrons. The summed E-state index contributed by atoms with van der Waals surface area (Å²) < 4.78 is 10.5. The van der Waals surface area contributed by atoms with Crippen LogP contribution in [0.3, 0.4) is 0 Å². The summed E-state index contributed by atoms with van der Waals surface area (Å²) in [5, 5.41) is 0.906. The highest BCUT2D eigenvalue weighted by Gasteiger charge is 2.18. The Hall–Kier alpha value is -2.49. The van der Waals surface area contributed by atoms with Crippen LogP contribution in [0, 0.1) is 0 Å². The Kier molecular flexibility index (Phi) is 2.63. The predicted molar refractivity (Wildman–Crippen MR) is 74.7 cm³/mol. The van der Waals surface area contributed by atoms with Gasteiger partial charge in [-0.25, -0.2) is 4.79 Å². The van der Waals surface area contributed by atoms with E-state index >= 15 is 0 Å². The molecule has 0 aliphatic heterocycles. The van der Waals surface area contributed by atoms with Gasteiger partial charge in [0.2, 0.25) is 0 Å². The number of anilines is 1. The van der Waals surface area contributed by atoms with Crippen molar-refractivity contribution in [2.75, 3.05) is 12.8 Å². The Bertz CT molecular complexity index is 723. The lowest BCUT2D eigenvalue weighted by molar-refractivity contribution is 0.0602. The summed E-state index contributed by atoms with van der Waals surface area (Å²) in [4.78, 5) is 11.6. The molecular weight excluding hydrogens is 242 g/mol. The maximum Gasteiger partial charge on any atom is 0.340 e. The van der Waals surface area contributed by atoms with Crippen molar-refractivity contribution in [2.45, 2.75) is 6.42 Å². The number of carbonyl (C=O) groups is 1. The molecule has 0 atom stereocenters. The molecule has 1 aromatic carbocycles. The molecule has 1 aliphatic rings. The highest BCUT2D eigenvalue weighted by Crippen LogP contribution is 2.35. The fourth-order valence-corrected chi connectivity index (χ4v) is 2.24. The van der Waals surface area contributed by atoms with Crippen LogP contribution >= 0.6 is 0 Å². The van der Waals surface area contributed by atoms with Gasteiger partial charge in [-0.1, -0.05) is 18.2 Å². The van der Waals surface area contributed by atoms with E-state index in [0.717, 1.165) is 23.1 Å². The van der Waals surface area contributed by atoms with Gasteiger partial charge >= 0.3 is 5.97 Å². The minimum Gasteiger partial charge on any atom is -0.465 e. The third kappa shape index (κ3) is 1.73. The molecule has 0 fully saturated rings. The first-order valence-electron chi connectivity index (χ1n) is 5.98. The van der Waals surface area contributed by atoms with Gasteiger partial charge in [-0.2, -0.15) is 0 Å². The van der Waals surface area contributed by atoms with Gasteiger partial charge in [-0.3, -0.25) is 0 Å². The van der Waals surface area contributed by atoms with Crippen LogP contribution in [0.25, 0.3) is 23.1 Å². The molecule has 2 N–H and O–H groups in total. The zero-order valence-electron chi connectivity index (χ0n) is 10.5. The molecule has 0 spiro atoms. The van der Waals surface area contributed by atoms with E-state index < -0.39 is 5.97 Å². The van der Waals surface area contributed by atoms with Gasteiger partial charge in [0, 0.05) is 10.9 Å². The molecule has 0 unspecified atom stereocenters. The maximum atomic E-state index is 11.6. The minimum absolute atomic E-state index is 0.319. The van der Waals surface area contributed by atoms with Crippen molar-refractivity contribution in [1.29, 1.82) is 0 Å². The number of rotatable bonds is 1. The molecule has 0 saturated carbocycles. The molecule has 0 saturated heterocycles. The summed E-state index contributed by atoms with van der Waals surface area (Å²) in [5.74, 6) is 0.301. The largest absolute Gasteiger partial charge is 0.465 e. The molecule has 4 heteroatoms. The van der Waals surface area contributed by atoms with Crippen LogP contribution in [0.2, 0.25) is 0 Å². The van der Waals surface area contributed by atoms with Crippen LogP contribution in [0.4, 0.5) is 5.69 Å². The van der Waals surface area contributed by atoms with Crippen LogP contribution in [0.1, 0.15) is 28.1 Å². The van der Waals surface area contributed by atoms with Gasteiger partial charge in [0.15, 0.2) is 5.58 Å². The maximum absolute atomic E-state index is 11.6. The van der Waals surface area contributed by atoms with E-state index in [-0.39, 0.29) is 0 Å². The molecular formula is C15H13NO3. The normalized spacial score (nSPS) is 13.3. The summed E-state index contributed by atoms with van der Waals surface area (Å²) >= 11 is 0. The molecule has 19 heavy (non-hydrogen) atoms. The van der Waals surface area contributed by atoms with Crippen molar-refractivity contribution in [1.82, 2.24) is 0 Å². The van der Waals surface area contributed by atoms with Crippen molar-refractivity contribution in [3.63, 3.8) is 0 Å². The second-order valence-corrected chi connectivity index (χ2v) is 4.32. The highest BCUT2D eigenvalue weighted by molar-refractivity contribution is 6.06. The number of fused-ring (bicyclic) bond motifs is 3. The quantitative estimate of drug-likeness (QED) is 0.627. The number of allylic oxidation sites excluding steroid dienone is 2. The molecule has 2 aromatic rings. The first-order valence-corrected chi connectivity index (χ1v) is 5.98. The number of hydrogen-bond acceptors (Lipinski definition) is 4. The molecule has 1 aliphatic carbocycles. The number of methoxy groups -OCH3 is 1. The lowest BCUT2D eigenvalue weighted by atomic mass is 10.1. The molecule has 1 heterocycles. The SMILES string of the molecule is COC(=O)c1ccc2c3c(oc2c1N)C=CCC=C3. The first kappa shape index (κ1) is 11.6. The Morgan fingerprint density at radius 3 is 2.89 bits per heavy atom. The zero-order chi connectivity index (χ0) is 13.4. The molecule has 0 bridgehead atoms. The third-order valence-electron chi connectivity index (χ3n) is 3.19. The van der Waals surface area contributed by atoms with Gasteiger partial charge in [-0.15, -0.1) is 0 Å². The van der Waals surface area contributed by atoms with Crippen molar-refractivity contribution in [3.05, 3.63) is 41.2 Å². The number of carbonyl (C=O) groups excluding carboxylic acids is 1. The Balaban J connectivity index is 2.29. The van der Waals surface area contributed by atoms with E-state index in [1.54, 1.807) is 6.07 Å². The van der Waals surface area contributed by atoms with Crippen LogP contribution in [-0.2, 0) is 4.74 Å².